The van der Waals surface area contributed by atoms with Gasteiger partial charge in [0.2, 0.25) is 0 Å². The first kappa shape index (κ1) is 12.2. The summed E-state index contributed by atoms with van der Waals surface area (Å²) in [4.78, 5) is 8.54. The van der Waals surface area contributed by atoms with Gasteiger partial charge < -0.3 is 5.73 Å². The van der Waals surface area contributed by atoms with Crippen LogP contribution in [0.5, 0.6) is 0 Å². The molecule has 3 nitrogen and oxygen atoms in total. The van der Waals surface area contributed by atoms with Crippen LogP contribution in [0.1, 0.15) is 0 Å². The SMILES string of the molecule is Nc1nc(-c2ccc3cccnc3c2)c(Cl)cc1Cl. The number of halogens is 2. The van der Waals surface area contributed by atoms with E-state index < -0.39 is 0 Å². The summed E-state index contributed by atoms with van der Waals surface area (Å²) < 4.78 is 0. The van der Waals surface area contributed by atoms with Gasteiger partial charge in [0.25, 0.3) is 0 Å². The fourth-order valence-corrected chi connectivity index (χ4v) is 2.36. The maximum atomic E-state index is 6.16. The number of benzene rings is 1. The summed E-state index contributed by atoms with van der Waals surface area (Å²) in [6, 6.07) is 11.3. The normalized spacial score (nSPS) is 10.8. The van der Waals surface area contributed by atoms with E-state index in [9.17, 15) is 0 Å². The highest BCUT2D eigenvalue weighted by atomic mass is 35.5. The molecule has 0 aliphatic carbocycles. The molecule has 1 aromatic carbocycles. The van der Waals surface area contributed by atoms with Crippen LogP contribution in [0.15, 0.2) is 42.6 Å². The summed E-state index contributed by atoms with van der Waals surface area (Å²) in [7, 11) is 0. The molecule has 0 amide bonds. The molecule has 94 valence electrons. The van der Waals surface area contributed by atoms with Crippen LogP contribution in [-0.2, 0) is 0 Å². The van der Waals surface area contributed by atoms with Gasteiger partial charge in [0.05, 0.1) is 21.3 Å². The molecule has 0 saturated heterocycles. The number of fused-ring (bicyclic) bond motifs is 1. The second-order valence-electron chi connectivity index (χ2n) is 4.10. The molecule has 3 aromatic rings. The summed E-state index contributed by atoms with van der Waals surface area (Å²) in [5, 5.41) is 1.88. The fraction of sp³-hybridized carbons (Fsp3) is 0. The van der Waals surface area contributed by atoms with Crippen molar-refractivity contribution >= 4 is 39.9 Å². The van der Waals surface area contributed by atoms with Crippen molar-refractivity contribution in [2.45, 2.75) is 0 Å². The molecule has 0 bridgehead atoms. The third-order valence-corrected chi connectivity index (χ3v) is 3.43. The van der Waals surface area contributed by atoms with E-state index in [0.29, 0.717) is 15.7 Å². The summed E-state index contributed by atoms with van der Waals surface area (Å²) >= 11 is 12.0. The van der Waals surface area contributed by atoms with E-state index in [1.165, 1.54) is 0 Å². The van der Waals surface area contributed by atoms with Gasteiger partial charge in [-0.1, -0.05) is 41.4 Å². The van der Waals surface area contributed by atoms with Crippen molar-refractivity contribution in [3.05, 3.63) is 52.6 Å². The quantitative estimate of drug-likeness (QED) is 0.731. The minimum absolute atomic E-state index is 0.266. The van der Waals surface area contributed by atoms with Crippen LogP contribution in [-0.4, -0.2) is 9.97 Å². The number of nitrogens with zero attached hydrogens (tertiary/aromatic N) is 2. The molecule has 2 N–H and O–H groups in total. The van der Waals surface area contributed by atoms with Crippen molar-refractivity contribution in [2.24, 2.45) is 0 Å². The molecule has 0 aliphatic rings. The number of nitrogens with two attached hydrogens (primary N) is 1. The maximum Gasteiger partial charge on any atom is 0.143 e. The lowest BCUT2D eigenvalue weighted by molar-refractivity contribution is 1.33. The minimum Gasteiger partial charge on any atom is -0.382 e. The molecule has 0 saturated carbocycles. The van der Waals surface area contributed by atoms with Crippen molar-refractivity contribution in [3.8, 4) is 11.3 Å². The molecule has 2 aromatic heterocycles. The highest BCUT2D eigenvalue weighted by molar-refractivity contribution is 6.37. The van der Waals surface area contributed by atoms with Crippen molar-refractivity contribution in [2.75, 3.05) is 5.73 Å². The molecule has 0 unspecified atom stereocenters. The van der Waals surface area contributed by atoms with E-state index >= 15 is 0 Å². The second kappa shape index (κ2) is 4.68. The van der Waals surface area contributed by atoms with Gasteiger partial charge in [-0.2, -0.15) is 0 Å². The molecular weight excluding hydrogens is 281 g/mol. The number of nitrogen functional groups attached to an aromatic ring is 1. The number of hydrogen-bond donors (Lipinski definition) is 1. The molecule has 0 spiro atoms. The zero-order valence-corrected chi connectivity index (χ0v) is 11.3. The van der Waals surface area contributed by atoms with Gasteiger partial charge in [0, 0.05) is 17.1 Å². The summed E-state index contributed by atoms with van der Waals surface area (Å²) in [5.41, 5.74) is 8.07. The first-order valence-corrected chi connectivity index (χ1v) is 6.37. The van der Waals surface area contributed by atoms with Crippen molar-refractivity contribution in [1.29, 1.82) is 0 Å². The molecule has 0 fully saturated rings. The van der Waals surface area contributed by atoms with E-state index in [-0.39, 0.29) is 5.82 Å². The lowest BCUT2D eigenvalue weighted by Crippen LogP contribution is -1.94. The number of rotatable bonds is 1. The van der Waals surface area contributed by atoms with Gasteiger partial charge in [0.15, 0.2) is 0 Å². The first-order chi connectivity index (χ1) is 9.15. The van der Waals surface area contributed by atoms with Gasteiger partial charge in [-0.25, -0.2) is 4.98 Å². The van der Waals surface area contributed by atoms with Gasteiger partial charge in [-0.3, -0.25) is 4.98 Å². The Kier molecular flexibility index (Phi) is 3.01. The average Bonchev–Trinajstić information content (AvgIpc) is 2.42. The minimum atomic E-state index is 0.266. The van der Waals surface area contributed by atoms with E-state index in [4.69, 9.17) is 28.9 Å². The Bertz CT molecular complexity index is 772. The van der Waals surface area contributed by atoms with Crippen LogP contribution in [0.25, 0.3) is 22.2 Å². The Labute approximate surface area is 120 Å². The topological polar surface area (TPSA) is 51.8 Å². The van der Waals surface area contributed by atoms with Crippen LogP contribution < -0.4 is 5.73 Å². The van der Waals surface area contributed by atoms with Crippen LogP contribution in [0.4, 0.5) is 5.82 Å². The average molecular weight is 290 g/mol. The highest BCUT2D eigenvalue weighted by Gasteiger charge is 2.10. The number of pyridine rings is 2. The fourth-order valence-electron chi connectivity index (χ4n) is 1.90. The first-order valence-electron chi connectivity index (χ1n) is 5.62. The lowest BCUT2D eigenvalue weighted by Gasteiger charge is -2.07. The van der Waals surface area contributed by atoms with E-state index in [1.807, 2.05) is 30.3 Å². The Balaban J connectivity index is 2.21. The molecule has 0 atom stereocenters. The Morgan fingerprint density at radius 3 is 2.68 bits per heavy atom. The van der Waals surface area contributed by atoms with Gasteiger partial charge >= 0.3 is 0 Å². The predicted molar refractivity (Wildman–Crippen MR) is 79.4 cm³/mol. The Morgan fingerprint density at radius 1 is 1.00 bits per heavy atom. The number of hydrogen-bond acceptors (Lipinski definition) is 3. The number of aromatic nitrogens is 2. The standard InChI is InChI=1S/C14H9Cl2N3/c15-10-7-11(16)14(17)19-13(10)9-4-3-8-2-1-5-18-12(8)6-9/h1-7H,(H2,17,19). The van der Waals surface area contributed by atoms with E-state index in [1.54, 1.807) is 12.3 Å². The Hall–Kier alpha value is -1.84. The third-order valence-electron chi connectivity index (χ3n) is 2.84. The molecule has 3 rings (SSSR count). The third kappa shape index (κ3) is 2.23. The van der Waals surface area contributed by atoms with Crippen LogP contribution in [0, 0.1) is 0 Å². The molecule has 0 aliphatic heterocycles. The van der Waals surface area contributed by atoms with Gasteiger partial charge in [-0.15, -0.1) is 0 Å². The molecular formula is C14H9Cl2N3. The summed E-state index contributed by atoms with van der Waals surface area (Å²) in [6.07, 6.45) is 1.75. The van der Waals surface area contributed by atoms with Crippen LogP contribution >= 0.6 is 23.2 Å². The van der Waals surface area contributed by atoms with Crippen molar-refractivity contribution in [3.63, 3.8) is 0 Å². The van der Waals surface area contributed by atoms with Gasteiger partial charge in [0.1, 0.15) is 5.82 Å². The summed E-state index contributed by atoms with van der Waals surface area (Å²) in [5.74, 6) is 0.266. The Morgan fingerprint density at radius 2 is 1.84 bits per heavy atom. The van der Waals surface area contributed by atoms with Crippen molar-refractivity contribution < 1.29 is 0 Å². The van der Waals surface area contributed by atoms with Crippen molar-refractivity contribution in [1.82, 2.24) is 9.97 Å². The van der Waals surface area contributed by atoms with E-state index in [0.717, 1.165) is 16.5 Å². The summed E-state index contributed by atoms with van der Waals surface area (Å²) in [6.45, 7) is 0. The lowest BCUT2D eigenvalue weighted by atomic mass is 10.1. The van der Waals surface area contributed by atoms with Gasteiger partial charge in [-0.05, 0) is 18.2 Å². The van der Waals surface area contributed by atoms with Crippen LogP contribution in [0.3, 0.4) is 0 Å². The molecule has 2 heterocycles. The highest BCUT2D eigenvalue weighted by Crippen LogP contribution is 2.32. The second-order valence-corrected chi connectivity index (χ2v) is 4.91. The zero-order valence-electron chi connectivity index (χ0n) is 9.77. The molecule has 5 heteroatoms. The van der Waals surface area contributed by atoms with Crippen LogP contribution in [0.2, 0.25) is 10.0 Å². The largest absolute Gasteiger partial charge is 0.382 e. The number of anilines is 1. The predicted octanol–water partition coefficient (Wildman–Crippen LogP) is 4.19. The molecule has 19 heavy (non-hydrogen) atoms. The monoisotopic (exact) mass is 289 g/mol. The molecule has 0 radical (unpaired) electrons. The maximum absolute atomic E-state index is 6.16. The smallest absolute Gasteiger partial charge is 0.143 e. The zero-order chi connectivity index (χ0) is 13.4. The van der Waals surface area contributed by atoms with E-state index in [2.05, 4.69) is 9.97 Å².